The molecule has 4 nitrogen and oxygen atoms in total. The molecule has 0 spiro atoms. The van der Waals surface area contributed by atoms with Crippen LogP contribution in [0.2, 0.25) is 0 Å². The Morgan fingerprint density at radius 3 is 1.08 bits per heavy atom. The lowest BCUT2D eigenvalue weighted by atomic mass is 10.3. The van der Waals surface area contributed by atoms with E-state index < -0.39 is 0 Å². The minimum Gasteiger partial charge on any atom is -0.198 e. The molecule has 0 saturated heterocycles. The van der Waals surface area contributed by atoms with Gasteiger partial charge in [0, 0.05) is 11.8 Å². The Morgan fingerprint density at radius 2 is 0.875 bits per heavy atom. The van der Waals surface area contributed by atoms with Crippen molar-refractivity contribution in [3.63, 3.8) is 0 Å². The van der Waals surface area contributed by atoms with Gasteiger partial charge in [-0.05, 0) is 52.0 Å². The van der Waals surface area contributed by atoms with E-state index in [0.29, 0.717) is 0 Å². The van der Waals surface area contributed by atoms with Crippen molar-refractivity contribution in [1.82, 2.24) is 0 Å². The standard InChI is InChI=1S/C12H10N2.2C4H7N/c1-3-7-11(8-4-1)13-14-12-9-5-2-6-10-12;2*1-4(2)3-5/h1-10H;2*4H,1-2H3. The van der Waals surface area contributed by atoms with Gasteiger partial charge in [0.25, 0.3) is 0 Å². The zero-order valence-corrected chi connectivity index (χ0v) is 14.7. The van der Waals surface area contributed by atoms with Gasteiger partial charge in [-0.1, -0.05) is 36.4 Å². The number of hydrogen-bond acceptors (Lipinski definition) is 4. The molecule has 0 radical (unpaired) electrons. The smallest absolute Gasteiger partial charge is 0.0857 e. The van der Waals surface area contributed by atoms with Crippen molar-refractivity contribution in [1.29, 1.82) is 10.5 Å². The number of nitriles is 2. The molecule has 2 aromatic carbocycles. The summed E-state index contributed by atoms with van der Waals surface area (Å²) in [6, 6.07) is 23.4. The fourth-order valence-electron chi connectivity index (χ4n) is 1.10. The van der Waals surface area contributed by atoms with Crippen molar-refractivity contribution in [3.8, 4) is 12.1 Å². The van der Waals surface area contributed by atoms with Gasteiger partial charge in [0.15, 0.2) is 0 Å². The first kappa shape index (κ1) is 21.0. The van der Waals surface area contributed by atoms with Crippen LogP contribution in [0.25, 0.3) is 0 Å². The maximum Gasteiger partial charge on any atom is 0.0857 e. The van der Waals surface area contributed by atoms with E-state index in [9.17, 15) is 0 Å². The first-order chi connectivity index (χ1) is 11.5. The zero-order valence-electron chi connectivity index (χ0n) is 14.7. The van der Waals surface area contributed by atoms with E-state index in [2.05, 4.69) is 10.2 Å². The van der Waals surface area contributed by atoms with Gasteiger partial charge < -0.3 is 0 Å². The third-order valence-corrected chi connectivity index (χ3v) is 2.31. The Labute approximate surface area is 145 Å². The van der Waals surface area contributed by atoms with Gasteiger partial charge in [-0.15, -0.1) is 0 Å². The third kappa shape index (κ3) is 12.7. The number of hydrogen-bond donors (Lipinski definition) is 0. The van der Waals surface area contributed by atoms with Crippen LogP contribution in [-0.2, 0) is 0 Å². The van der Waals surface area contributed by atoms with Gasteiger partial charge in [0.05, 0.1) is 23.5 Å². The van der Waals surface area contributed by atoms with Gasteiger partial charge in [0.2, 0.25) is 0 Å². The molecule has 0 bridgehead atoms. The molecule has 124 valence electrons. The predicted molar refractivity (Wildman–Crippen MR) is 98.0 cm³/mol. The normalized spacial score (nSPS) is 9.33. The largest absolute Gasteiger partial charge is 0.198 e. The lowest BCUT2D eigenvalue weighted by molar-refractivity contribution is 0.849. The molecule has 0 heterocycles. The second-order valence-electron chi connectivity index (χ2n) is 5.44. The van der Waals surface area contributed by atoms with E-state index in [1.165, 1.54) is 0 Å². The van der Waals surface area contributed by atoms with E-state index in [1.54, 1.807) is 0 Å². The fraction of sp³-hybridized carbons (Fsp3) is 0.300. The van der Waals surface area contributed by atoms with Crippen LogP contribution in [0.1, 0.15) is 27.7 Å². The first-order valence-corrected chi connectivity index (χ1v) is 7.80. The molecule has 0 aromatic heterocycles. The highest BCUT2D eigenvalue weighted by Gasteiger charge is 1.86. The van der Waals surface area contributed by atoms with Gasteiger partial charge in [0.1, 0.15) is 0 Å². The van der Waals surface area contributed by atoms with Crippen LogP contribution < -0.4 is 0 Å². The van der Waals surface area contributed by atoms with Crippen molar-refractivity contribution < 1.29 is 0 Å². The number of rotatable bonds is 2. The van der Waals surface area contributed by atoms with Crippen LogP contribution in [0.5, 0.6) is 0 Å². The van der Waals surface area contributed by atoms with Crippen LogP contribution in [0, 0.1) is 34.5 Å². The van der Waals surface area contributed by atoms with Crippen LogP contribution >= 0.6 is 0 Å². The molecule has 0 aliphatic carbocycles. The number of nitrogens with zero attached hydrogens (tertiary/aromatic N) is 4. The molecule has 0 unspecified atom stereocenters. The highest BCUT2D eigenvalue weighted by molar-refractivity contribution is 5.39. The highest BCUT2D eigenvalue weighted by Crippen LogP contribution is 2.16. The average Bonchev–Trinajstić information content (AvgIpc) is 2.62. The van der Waals surface area contributed by atoms with E-state index >= 15 is 0 Å². The summed E-state index contributed by atoms with van der Waals surface area (Å²) in [5, 5.41) is 24.0. The minimum atomic E-state index is 0.190. The molecule has 2 rings (SSSR count). The summed E-state index contributed by atoms with van der Waals surface area (Å²) in [5.41, 5.74) is 1.74. The van der Waals surface area contributed by atoms with Gasteiger partial charge in [-0.25, -0.2) is 0 Å². The Morgan fingerprint density at radius 1 is 0.625 bits per heavy atom. The maximum atomic E-state index is 7.89. The summed E-state index contributed by atoms with van der Waals surface area (Å²) < 4.78 is 0. The molecule has 0 N–H and O–H groups in total. The molecule has 0 aliphatic rings. The van der Waals surface area contributed by atoms with E-state index in [-0.39, 0.29) is 11.8 Å². The average molecular weight is 320 g/mol. The van der Waals surface area contributed by atoms with E-state index in [4.69, 9.17) is 10.5 Å². The topological polar surface area (TPSA) is 72.3 Å². The highest BCUT2D eigenvalue weighted by atomic mass is 15.1. The number of azo groups is 1. The molecule has 2 aromatic rings. The van der Waals surface area contributed by atoms with Crippen LogP contribution in [0.3, 0.4) is 0 Å². The lowest BCUT2D eigenvalue weighted by Crippen LogP contribution is -1.72. The third-order valence-electron chi connectivity index (χ3n) is 2.31. The van der Waals surface area contributed by atoms with E-state index in [1.807, 2.05) is 100 Å². The molecule has 0 fully saturated rings. The Bertz CT molecular complexity index is 588. The van der Waals surface area contributed by atoms with Crippen molar-refractivity contribution in [3.05, 3.63) is 60.7 Å². The molecule has 0 aliphatic heterocycles. The second kappa shape index (κ2) is 13.7. The summed E-state index contributed by atoms with van der Waals surface area (Å²) in [6.07, 6.45) is 0. The second-order valence-corrected chi connectivity index (χ2v) is 5.44. The monoisotopic (exact) mass is 320 g/mol. The van der Waals surface area contributed by atoms with Crippen molar-refractivity contribution >= 4 is 11.4 Å². The summed E-state index contributed by atoms with van der Waals surface area (Å²) in [7, 11) is 0. The molecule has 0 atom stereocenters. The maximum absolute atomic E-state index is 7.89. The first-order valence-electron chi connectivity index (χ1n) is 7.80. The van der Waals surface area contributed by atoms with Gasteiger partial charge >= 0.3 is 0 Å². The molecule has 0 saturated carbocycles. The van der Waals surface area contributed by atoms with Gasteiger partial charge in [-0.3, -0.25) is 0 Å². The zero-order chi connectivity index (χ0) is 18.2. The SMILES string of the molecule is CC(C)C#N.CC(C)C#N.c1ccc(N=Nc2ccccc2)cc1. The van der Waals surface area contributed by atoms with Crippen molar-refractivity contribution in [2.24, 2.45) is 22.1 Å². The van der Waals surface area contributed by atoms with Crippen molar-refractivity contribution in [2.75, 3.05) is 0 Å². The Hall–Kier alpha value is -2.98. The van der Waals surface area contributed by atoms with Crippen LogP contribution in [0.15, 0.2) is 70.9 Å². The fourth-order valence-corrected chi connectivity index (χ4v) is 1.10. The molecule has 24 heavy (non-hydrogen) atoms. The van der Waals surface area contributed by atoms with Crippen LogP contribution in [0.4, 0.5) is 11.4 Å². The molecule has 4 heteroatoms. The molecule has 0 amide bonds. The Balaban J connectivity index is 0.000000442. The summed E-state index contributed by atoms with van der Waals surface area (Å²) in [6.45, 7) is 7.44. The quantitative estimate of drug-likeness (QED) is 0.598. The van der Waals surface area contributed by atoms with Crippen molar-refractivity contribution in [2.45, 2.75) is 27.7 Å². The number of benzene rings is 2. The van der Waals surface area contributed by atoms with Crippen LogP contribution in [-0.4, -0.2) is 0 Å². The predicted octanol–water partition coefficient (Wildman–Crippen LogP) is 6.43. The minimum absolute atomic E-state index is 0.190. The summed E-state index contributed by atoms with van der Waals surface area (Å²) in [5.74, 6) is 0.380. The summed E-state index contributed by atoms with van der Waals surface area (Å²) in [4.78, 5) is 0. The molecular weight excluding hydrogens is 296 g/mol. The Kier molecular flexibility index (Phi) is 12.0. The molecular formula is C20H24N4. The van der Waals surface area contributed by atoms with Gasteiger partial charge in [-0.2, -0.15) is 20.8 Å². The van der Waals surface area contributed by atoms with E-state index in [0.717, 1.165) is 11.4 Å². The summed E-state index contributed by atoms with van der Waals surface area (Å²) >= 11 is 0. The lowest BCUT2D eigenvalue weighted by Gasteiger charge is -1.91.